The number of rotatable bonds is 10. The topological polar surface area (TPSA) is 50.2 Å². The maximum atomic E-state index is 11.7. The summed E-state index contributed by atoms with van der Waals surface area (Å²) in [7, 11) is 0. The van der Waals surface area contributed by atoms with Gasteiger partial charge in [0.2, 0.25) is 0 Å². The number of aromatic nitrogens is 1. The Balaban J connectivity index is 0.000000309. The molecule has 0 aliphatic heterocycles. The van der Waals surface area contributed by atoms with Gasteiger partial charge < -0.3 is 5.11 Å². The van der Waals surface area contributed by atoms with Crippen molar-refractivity contribution < 1.29 is 30.0 Å². The van der Waals surface area contributed by atoms with Gasteiger partial charge in [-0.1, -0.05) is 95.1 Å². The summed E-state index contributed by atoms with van der Waals surface area (Å²) in [6, 6.07) is 23.4. The first-order valence-electron chi connectivity index (χ1n) is 16.3. The molecule has 6 heteroatoms. The molecule has 0 unspecified atom stereocenters. The van der Waals surface area contributed by atoms with Crippen molar-refractivity contribution >= 4 is 49.3 Å². The van der Waals surface area contributed by atoms with E-state index in [0.29, 0.717) is 5.41 Å². The Bertz CT molecular complexity index is 1770. The zero-order valence-corrected chi connectivity index (χ0v) is 32.5. The molecule has 46 heavy (non-hydrogen) atoms. The SMILES string of the molecule is CCC(CC)C(=O)/C=C(\O)C(CC)CC.Cc1cc2[c-]c(-c3cc(-c4ccc(CC(C)(C)C)s4)ccn3)c3ccccc3c2s1.[Ir]. The van der Waals surface area contributed by atoms with Crippen LogP contribution in [0, 0.1) is 30.2 Å². The zero-order valence-electron chi connectivity index (χ0n) is 28.5. The molecular weight excluding hydrogens is 783 g/mol. The predicted octanol–water partition coefficient (Wildman–Crippen LogP) is 12.4. The van der Waals surface area contributed by atoms with E-state index in [-0.39, 0.29) is 43.5 Å². The van der Waals surface area contributed by atoms with E-state index in [2.05, 4.69) is 88.4 Å². The third kappa shape index (κ3) is 9.47. The number of allylic oxidation sites excluding steroid dienone is 2. The van der Waals surface area contributed by atoms with E-state index in [9.17, 15) is 9.90 Å². The molecule has 5 aromatic rings. The van der Waals surface area contributed by atoms with Gasteiger partial charge in [-0.2, -0.15) is 11.3 Å². The third-order valence-corrected chi connectivity index (χ3v) is 10.5. The summed E-state index contributed by atoms with van der Waals surface area (Å²) in [4.78, 5) is 20.5. The molecule has 0 amide bonds. The Morgan fingerprint density at radius 2 is 1.57 bits per heavy atom. The quantitative estimate of drug-likeness (QED) is 0.0866. The van der Waals surface area contributed by atoms with Crippen LogP contribution >= 0.6 is 22.7 Å². The first-order chi connectivity index (χ1) is 21.5. The molecular formula is C40H48IrNO2S2-. The predicted molar refractivity (Wildman–Crippen MR) is 196 cm³/mol. The van der Waals surface area contributed by atoms with Crippen molar-refractivity contribution in [2.45, 2.75) is 87.5 Å². The number of ketones is 1. The van der Waals surface area contributed by atoms with Gasteiger partial charge in [0.15, 0.2) is 5.78 Å². The Morgan fingerprint density at radius 3 is 2.20 bits per heavy atom. The fourth-order valence-corrected chi connectivity index (χ4v) is 8.07. The normalized spacial score (nSPS) is 12.0. The van der Waals surface area contributed by atoms with Gasteiger partial charge in [0.25, 0.3) is 0 Å². The Morgan fingerprint density at radius 1 is 0.913 bits per heavy atom. The second kappa shape index (κ2) is 17.0. The van der Waals surface area contributed by atoms with Crippen LogP contribution in [-0.2, 0) is 31.3 Å². The number of hydrogen-bond acceptors (Lipinski definition) is 5. The van der Waals surface area contributed by atoms with Crippen LogP contribution < -0.4 is 0 Å². The van der Waals surface area contributed by atoms with Crippen LogP contribution in [0.5, 0.6) is 0 Å². The van der Waals surface area contributed by atoms with Crippen LogP contribution in [0.1, 0.15) is 83.9 Å². The van der Waals surface area contributed by atoms with Crippen molar-refractivity contribution in [3.8, 4) is 21.7 Å². The van der Waals surface area contributed by atoms with Crippen LogP contribution in [0.25, 0.3) is 42.6 Å². The minimum Gasteiger partial charge on any atom is -0.512 e. The number of aliphatic hydroxyl groups is 1. The number of benzene rings is 2. The van der Waals surface area contributed by atoms with Crippen LogP contribution in [0.2, 0.25) is 0 Å². The van der Waals surface area contributed by atoms with Crippen molar-refractivity contribution in [1.82, 2.24) is 4.98 Å². The number of carbonyl (C=O) groups excluding carboxylic acids is 1. The van der Waals surface area contributed by atoms with Crippen molar-refractivity contribution in [2.24, 2.45) is 17.3 Å². The minimum absolute atomic E-state index is 0. The molecule has 0 aliphatic rings. The number of carbonyl (C=O) groups is 1. The molecule has 0 saturated heterocycles. The molecule has 3 nitrogen and oxygen atoms in total. The fourth-order valence-electron chi connectivity index (χ4n) is 5.76. The van der Waals surface area contributed by atoms with Gasteiger partial charge in [-0.25, -0.2) is 0 Å². The second-order valence-electron chi connectivity index (χ2n) is 13.1. The molecule has 1 radical (unpaired) electrons. The van der Waals surface area contributed by atoms with Crippen molar-refractivity contribution in [3.05, 3.63) is 88.4 Å². The maximum absolute atomic E-state index is 11.7. The molecule has 0 aliphatic carbocycles. The standard InChI is InChI=1S/C27H24NS2.C13H24O2.Ir/c1-17-13-19-14-23(21-7-5-6-8-22(21)26(19)29-17)24-15-18(11-12-28-24)25-10-9-20(30-25)16-27(2,3)4;1-5-10(6-2)12(14)9-13(15)11(7-3)8-4;/h5-13,15H,16H2,1-4H3;9-11,14H,5-8H2,1-4H3;/q-1;;/b;12-9-;. The smallest absolute Gasteiger partial charge is 0.162 e. The summed E-state index contributed by atoms with van der Waals surface area (Å²) in [6.07, 6.45) is 7.94. The average Bonchev–Trinajstić information content (AvgIpc) is 3.63. The van der Waals surface area contributed by atoms with Gasteiger partial charge in [0, 0.05) is 59.7 Å². The molecule has 3 aromatic heterocycles. The minimum atomic E-state index is 0. The molecule has 5 rings (SSSR count). The van der Waals surface area contributed by atoms with E-state index in [1.165, 1.54) is 47.1 Å². The second-order valence-corrected chi connectivity index (χ2v) is 15.5. The summed E-state index contributed by atoms with van der Waals surface area (Å²) in [5.41, 5.74) is 3.60. The number of pyridine rings is 1. The fraction of sp³-hybridized carbons (Fsp3) is 0.400. The van der Waals surface area contributed by atoms with E-state index in [1.807, 2.05) is 56.6 Å². The first-order valence-corrected chi connectivity index (χ1v) is 17.9. The van der Waals surface area contributed by atoms with E-state index >= 15 is 0 Å². The molecule has 0 atom stereocenters. The zero-order chi connectivity index (χ0) is 32.7. The molecule has 1 N–H and O–H groups in total. The Kier molecular flexibility index (Phi) is 14.0. The molecule has 0 saturated carbocycles. The summed E-state index contributed by atoms with van der Waals surface area (Å²) >= 11 is 3.73. The van der Waals surface area contributed by atoms with Crippen LogP contribution in [-0.4, -0.2) is 15.9 Å². The number of nitrogens with zero attached hydrogens (tertiary/aromatic N) is 1. The number of aliphatic hydroxyl groups excluding tert-OH is 1. The monoisotopic (exact) mass is 831 g/mol. The molecule has 2 aromatic carbocycles. The number of hydrogen-bond donors (Lipinski definition) is 1. The molecule has 0 fully saturated rings. The molecule has 0 spiro atoms. The summed E-state index contributed by atoms with van der Waals surface area (Å²) < 4.78 is 1.31. The van der Waals surface area contributed by atoms with Gasteiger partial charge >= 0.3 is 0 Å². The summed E-state index contributed by atoms with van der Waals surface area (Å²) in [6.45, 7) is 17.1. The third-order valence-electron chi connectivity index (χ3n) is 8.30. The molecule has 3 heterocycles. The first kappa shape index (κ1) is 37.8. The van der Waals surface area contributed by atoms with Gasteiger partial charge in [-0.05, 0) is 77.8 Å². The summed E-state index contributed by atoms with van der Waals surface area (Å²) in [5, 5.41) is 13.4. The largest absolute Gasteiger partial charge is 0.512 e. The van der Waals surface area contributed by atoms with Crippen LogP contribution in [0.4, 0.5) is 0 Å². The van der Waals surface area contributed by atoms with Crippen molar-refractivity contribution in [3.63, 3.8) is 0 Å². The van der Waals surface area contributed by atoms with Gasteiger partial charge in [0.1, 0.15) is 0 Å². The van der Waals surface area contributed by atoms with E-state index in [0.717, 1.165) is 43.4 Å². The average molecular weight is 831 g/mol. The van der Waals surface area contributed by atoms with Crippen LogP contribution in [0.3, 0.4) is 0 Å². The Hall–Kier alpha value is -2.63. The van der Waals surface area contributed by atoms with Gasteiger partial charge in [-0.15, -0.1) is 28.9 Å². The van der Waals surface area contributed by atoms with Crippen LogP contribution in [0.15, 0.2) is 72.6 Å². The number of aryl methyl sites for hydroxylation is 1. The van der Waals surface area contributed by atoms with E-state index in [1.54, 1.807) is 0 Å². The van der Waals surface area contributed by atoms with Crippen molar-refractivity contribution in [2.75, 3.05) is 0 Å². The van der Waals surface area contributed by atoms with Gasteiger partial charge in [-0.3, -0.25) is 9.78 Å². The Labute approximate surface area is 297 Å². The van der Waals surface area contributed by atoms with E-state index < -0.39 is 0 Å². The molecule has 247 valence electrons. The number of fused-ring (bicyclic) bond motifs is 3. The summed E-state index contributed by atoms with van der Waals surface area (Å²) in [5.74, 6) is 0.547. The van der Waals surface area contributed by atoms with E-state index in [4.69, 9.17) is 4.98 Å². The van der Waals surface area contributed by atoms with Crippen molar-refractivity contribution in [1.29, 1.82) is 0 Å². The maximum Gasteiger partial charge on any atom is 0.162 e. The molecule has 0 bridgehead atoms. The van der Waals surface area contributed by atoms with Gasteiger partial charge in [0.05, 0.1) is 5.76 Å². The number of thiophene rings is 2.